The maximum absolute atomic E-state index is 12.9. The first-order chi connectivity index (χ1) is 13.7. The van der Waals surface area contributed by atoms with Crippen LogP contribution in [0.25, 0.3) is 11.1 Å². The molecule has 5 nitrogen and oxygen atoms in total. The van der Waals surface area contributed by atoms with E-state index >= 15 is 0 Å². The Morgan fingerprint density at radius 2 is 2.04 bits per heavy atom. The fourth-order valence-corrected chi connectivity index (χ4v) is 3.68. The van der Waals surface area contributed by atoms with Crippen LogP contribution in [0.5, 0.6) is 0 Å². The third kappa shape index (κ3) is 3.96. The van der Waals surface area contributed by atoms with Gasteiger partial charge in [-0.2, -0.15) is 5.26 Å². The molecule has 1 amide bonds. The normalized spacial score (nSPS) is 16.5. The van der Waals surface area contributed by atoms with Gasteiger partial charge in [-0.3, -0.25) is 4.79 Å². The molecule has 0 radical (unpaired) electrons. The van der Waals surface area contributed by atoms with Crippen LogP contribution in [0.4, 0.5) is 0 Å². The minimum atomic E-state index is -0.0519. The second-order valence-electron chi connectivity index (χ2n) is 7.23. The topological polar surface area (TPSA) is 61.9 Å². The van der Waals surface area contributed by atoms with Gasteiger partial charge in [-0.1, -0.05) is 36.4 Å². The summed E-state index contributed by atoms with van der Waals surface area (Å²) >= 11 is 0. The predicted molar refractivity (Wildman–Crippen MR) is 107 cm³/mol. The zero-order valence-electron chi connectivity index (χ0n) is 15.7. The third-order valence-corrected chi connectivity index (χ3v) is 5.21. The lowest BCUT2D eigenvalue weighted by atomic mass is 9.98. The van der Waals surface area contributed by atoms with Crippen molar-refractivity contribution in [1.82, 2.24) is 14.5 Å². The average molecular weight is 370 g/mol. The summed E-state index contributed by atoms with van der Waals surface area (Å²) in [4.78, 5) is 18.8. The molecule has 4 rings (SSSR count). The Hall–Kier alpha value is -3.39. The van der Waals surface area contributed by atoms with Gasteiger partial charge >= 0.3 is 0 Å². The molecule has 3 aromatic rings. The molecule has 1 aliphatic rings. The number of carbonyl (C=O) groups is 1. The molecule has 0 saturated carbocycles. The standard InChI is InChI=1S/C23H22N4O/c24-14-19-3-2-11-27(16-19)23(28)22-5-1-4-21(13-22)20-8-6-18(7-9-20)15-26-12-10-25-17-26/h1,4-10,12-13,17,19H,2-3,11,15-16H2. The number of aromatic nitrogens is 2. The molecule has 0 bridgehead atoms. The van der Waals surface area contributed by atoms with Crippen molar-refractivity contribution in [2.75, 3.05) is 13.1 Å². The predicted octanol–water partition coefficient (Wildman–Crippen LogP) is 3.97. The van der Waals surface area contributed by atoms with Gasteiger partial charge in [0.2, 0.25) is 0 Å². The number of rotatable bonds is 4. The highest BCUT2D eigenvalue weighted by molar-refractivity contribution is 5.95. The van der Waals surface area contributed by atoms with E-state index in [1.54, 1.807) is 12.5 Å². The number of amides is 1. The van der Waals surface area contributed by atoms with Crippen LogP contribution in [0.2, 0.25) is 0 Å². The zero-order valence-corrected chi connectivity index (χ0v) is 15.7. The summed E-state index contributed by atoms with van der Waals surface area (Å²) in [6.07, 6.45) is 7.30. The first kappa shape index (κ1) is 18.0. The molecule has 2 heterocycles. The van der Waals surface area contributed by atoms with Crippen molar-refractivity contribution < 1.29 is 4.79 Å². The molecule has 1 saturated heterocycles. The number of carbonyl (C=O) groups excluding carboxylic acids is 1. The van der Waals surface area contributed by atoms with Crippen molar-refractivity contribution in [3.63, 3.8) is 0 Å². The van der Waals surface area contributed by atoms with Crippen LogP contribution in [0.3, 0.4) is 0 Å². The molecule has 1 atom stereocenters. The first-order valence-electron chi connectivity index (χ1n) is 9.57. The molecule has 0 N–H and O–H groups in total. The number of piperidine rings is 1. The van der Waals surface area contributed by atoms with E-state index in [2.05, 4.69) is 35.3 Å². The summed E-state index contributed by atoms with van der Waals surface area (Å²) in [6, 6.07) is 18.4. The van der Waals surface area contributed by atoms with E-state index in [0.717, 1.165) is 37.1 Å². The molecule has 1 aliphatic heterocycles. The van der Waals surface area contributed by atoms with Crippen LogP contribution in [-0.4, -0.2) is 33.4 Å². The second-order valence-corrected chi connectivity index (χ2v) is 7.23. The summed E-state index contributed by atoms with van der Waals surface area (Å²) in [6.45, 7) is 2.04. The maximum Gasteiger partial charge on any atom is 0.253 e. The molecule has 1 fully saturated rings. The minimum absolute atomic E-state index is 0.0125. The van der Waals surface area contributed by atoms with Crippen LogP contribution in [-0.2, 0) is 6.54 Å². The summed E-state index contributed by atoms with van der Waals surface area (Å²) in [5, 5.41) is 9.16. The van der Waals surface area contributed by atoms with E-state index < -0.39 is 0 Å². The molecular formula is C23H22N4O. The lowest BCUT2D eigenvalue weighted by Crippen LogP contribution is -2.39. The van der Waals surface area contributed by atoms with Crippen LogP contribution >= 0.6 is 0 Å². The molecule has 0 spiro atoms. The van der Waals surface area contributed by atoms with Gasteiger partial charge in [0.15, 0.2) is 0 Å². The minimum Gasteiger partial charge on any atom is -0.337 e. The summed E-state index contributed by atoms with van der Waals surface area (Å²) in [5.41, 5.74) is 3.98. The number of imidazole rings is 1. The Morgan fingerprint density at radius 1 is 1.18 bits per heavy atom. The lowest BCUT2D eigenvalue weighted by Gasteiger charge is -2.29. The van der Waals surface area contributed by atoms with Gasteiger partial charge in [0.1, 0.15) is 0 Å². The molecule has 28 heavy (non-hydrogen) atoms. The van der Waals surface area contributed by atoms with E-state index in [0.29, 0.717) is 12.1 Å². The molecule has 1 unspecified atom stereocenters. The van der Waals surface area contributed by atoms with Gasteiger partial charge in [0, 0.05) is 37.6 Å². The SMILES string of the molecule is N#CC1CCCN(C(=O)c2cccc(-c3ccc(Cn4ccnc4)cc3)c2)C1. The molecular weight excluding hydrogens is 348 g/mol. The highest BCUT2D eigenvalue weighted by Crippen LogP contribution is 2.23. The van der Waals surface area contributed by atoms with Crippen LogP contribution in [0.1, 0.15) is 28.8 Å². The van der Waals surface area contributed by atoms with E-state index in [9.17, 15) is 4.79 Å². The van der Waals surface area contributed by atoms with Crippen molar-refractivity contribution in [1.29, 1.82) is 5.26 Å². The lowest BCUT2D eigenvalue weighted by molar-refractivity contribution is 0.0699. The Bertz CT molecular complexity index is 986. The van der Waals surface area contributed by atoms with Crippen molar-refractivity contribution in [2.24, 2.45) is 5.92 Å². The third-order valence-electron chi connectivity index (χ3n) is 5.21. The van der Waals surface area contributed by atoms with E-state index in [1.807, 2.05) is 39.9 Å². The van der Waals surface area contributed by atoms with Crippen molar-refractivity contribution in [3.05, 3.63) is 78.4 Å². The van der Waals surface area contributed by atoms with Crippen molar-refractivity contribution >= 4 is 5.91 Å². The van der Waals surface area contributed by atoms with Gasteiger partial charge in [-0.25, -0.2) is 4.98 Å². The van der Waals surface area contributed by atoms with Crippen LogP contribution in [0.15, 0.2) is 67.3 Å². The molecule has 2 aromatic carbocycles. The number of hydrogen-bond donors (Lipinski definition) is 0. The fourth-order valence-electron chi connectivity index (χ4n) is 3.68. The van der Waals surface area contributed by atoms with Crippen molar-refractivity contribution in [3.8, 4) is 17.2 Å². The van der Waals surface area contributed by atoms with E-state index in [1.165, 1.54) is 5.56 Å². The van der Waals surface area contributed by atoms with Crippen molar-refractivity contribution in [2.45, 2.75) is 19.4 Å². The second kappa shape index (κ2) is 8.10. The zero-order chi connectivity index (χ0) is 19.3. The summed E-state index contributed by atoms with van der Waals surface area (Å²) in [5.74, 6) is -0.0394. The number of benzene rings is 2. The Kier molecular flexibility index (Phi) is 5.20. The Labute approximate surface area is 164 Å². The van der Waals surface area contributed by atoms with Gasteiger partial charge in [-0.05, 0) is 41.7 Å². The number of hydrogen-bond acceptors (Lipinski definition) is 3. The quantitative estimate of drug-likeness (QED) is 0.698. The number of likely N-dealkylation sites (tertiary alicyclic amines) is 1. The highest BCUT2D eigenvalue weighted by Gasteiger charge is 2.24. The Morgan fingerprint density at radius 3 is 2.79 bits per heavy atom. The molecule has 0 aliphatic carbocycles. The smallest absolute Gasteiger partial charge is 0.253 e. The summed E-state index contributed by atoms with van der Waals surface area (Å²) in [7, 11) is 0. The average Bonchev–Trinajstić information content (AvgIpc) is 3.27. The Balaban J connectivity index is 1.50. The molecule has 5 heteroatoms. The van der Waals surface area contributed by atoms with Crippen LogP contribution in [0, 0.1) is 17.2 Å². The van der Waals surface area contributed by atoms with Crippen LogP contribution < -0.4 is 0 Å². The highest BCUT2D eigenvalue weighted by atomic mass is 16.2. The first-order valence-corrected chi connectivity index (χ1v) is 9.57. The fraction of sp³-hybridized carbons (Fsp3) is 0.261. The van der Waals surface area contributed by atoms with Gasteiger partial charge in [-0.15, -0.1) is 0 Å². The molecule has 140 valence electrons. The van der Waals surface area contributed by atoms with Gasteiger partial charge in [0.05, 0.1) is 18.3 Å². The van der Waals surface area contributed by atoms with E-state index in [4.69, 9.17) is 5.26 Å². The number of nitrogens with zero attached hydrogens (tertiary/aromatic N) is 4. The van der Waals surface area contributed by atoms with Gasteiger partial charge < -0.3 is 9.47 Å². The van der Waals surface area contributed by atoms with E-state index in [-0.39, 0.29) is 11.8 Å². The van der Waals surface area contributed by atoms with Gasteiger partial charge in [0.25, 0.3) is 5.91 Å². The number of nitriles is 1. The monoisotopic (exact) mass is 370 g/mol. The summed E-state index contributed by atoms with van der Waals surface area (Å²) < 4.78 is 2.03. The largest absolute Gasteiger partial charge is 0.337 e. The molecule has 1 aromatic heterocycles. The maximum atomic E-state index is 12.9.